The molecule has 6 unspecified atom stereocenters. The van der Waals surface area contributed by atoms with Crippen LogP contribution in [-0.4, -0.2) is 73.3 Å². The summed E-state index contributed by atoms with van der Waals surface area (Å²) in [5.74, 6) is 2.21. The van der Waals surface area contributed by atoms with Gasteiger partial charge in [-0.25, -0.2) is 5.01 Å². The number of likely N-dealkylation sites (N-methyl/N-ethyl adjacent to an activating group) is 1. The molecule has 0 radical (unpaired) electrons. The van der Waals surface area contributed by atoms with Crippen molar-refractivity contribution in [1.82, 2.24) is 26.0 Å². The Morgan fingerprint density at radius 2 is 2.03 bits per heavy atom. The molecule has 5 N–H and O–H groups in total. The van der Waals surface area contributed by atoms with Crippen LogP contribution in [0.5, 0.6) is 0 Å². The van der Waals surface area contributed by atoms with Gasteiger partial charge in [-0.2, -0.15) is 0 Å². The molecule has 2 saturated carbocycles. The molecule has 4 aliphatic rings. The number of hydrogen-bond acceptors (Lipinski definition) is 6. The van der Waals surface area contributed by atoms with Gasteiger partial charge >= 0.3 is 0 Å². The van der Waals surface area contributed by atoms with E-state index in [-0.39, 0.29) is 12.1 Å². The predicted molar refractivity (Wildman–Crippen MR) is 120 cm³/mol. The molecule has 2 aliphatic carbocycles. The maximum absolute atomic E-state index is 13.2. The van der Waals surface area contributed by atoms with Crippen molar-refractivity contribution >= 4 is 5.91 Å². The van der Waals surface area contributed by atoms with Crippen LogP contribution in [0.1, 0.15) is 58.8 Å². The van der Waals surface area contributed by atoms with Crippen LogP contribution in [0, 0.1) is 23.7 Å². The van der Waals surface area contributed by atoms with Crippen LogP contribution in [0.3, 0.4) is 0 Å². The maximum atomic E-state index is 13.2. The minimum Gasteiger partial charge on any atom is -0.353 e. The fourth-order valence-electron chi connectivity index (χ4n) is 6.21. The highest BCUT2D eigenvalue weighted by Gasteiger charge is 2.49. The van der Waals surface area contributed by atoms with Gasteiger partial charge in [0, 0.05) is 56.1 Å². The first kappa shape index (κ1) is 22.5. The molecule has 30 heavy (non-hydrogen) atoms. The van der Waals surface area contributed by atoms with E-state index in [2.05, 4.69) is 46.9 Å². The van der Waals surface area contributed by atoms with Crippen molar-refractivity contribution in [3.8, 4) is 0 Å². The summed E-state index contributed by atoms with van der Waals surface area (Å²) in [6.07, 6.45) is 8.77. The minimum absolute atomic E-state index is 0.124. The second-order valence-electron chi connectivity index (χ2n) is 10.7. The van der Waals surface area contributed by atoms with E-state index in [1.807, 2.05) is 0 Å². The smallest absolute Gasteiger partial charge is 0.223 e. The minimum atomic E-state index is 0.124. The Hall–Kier alpha value is -0.730. The van der Waals surface area contributed by atoms with Crippen molar-refractivity contribution in [2.45, 2.75) is 83.1 Å². The molecule has 0 bridgehead atoms. The second kappa shape index (κ2) is 9.82. The molecular formula is C23H44N6O. The number of nitrogens with two attached hydrogens (primary N) is 1. The summed E-state index contributed by atoms with van der Waals surface area (Å²) >= 11 is 0. The number of hydrazine groups is 1. The van der Waals surface area contributed by atoms with Gasteiger partial charge in [-0.05, 0) is 71.3 Å². The number of amides is 1. The van der Waals surface area contributed by atoms with Gasteiger partial charge in [0.15, 0.2) is 0 Å². The van der Waals surface area contributed by atoms with Crippen LogP contribution >= 0.6 is 0 Å². The Bertz CT molecular complexity index is 582. The highest BCUT2D eigenvalue weighted by atomic mass is 16.2. The van der Waals surface area contributed by atoms with Crippen molar-refractivity contribution in [3.63, 3.8) is 0 Å². The lowest BCUT2D eigenvalue weighted by atomic mass is 9.71. The Labute approximate surface area is 182 Å². The van der Waals surface area contributed by atoms with Crippen LogP contribution in [0.15, 0.2) is 0 Å². The molecular weight excluding hydrogens is 376 g/mol. The number of rotatable bonds is 8. The molecule has 2 heterocycles. The van der Waals surface area contributed by atoms with Gasteiger partial charge in [0.25, 0.3) is 0 Å². The number of nitrogens with one attached hydrogen (secondary N) is 3. The van der Waals surface area contributed by atoms with E-state index >= 15 is 0 Å². The van der Waals surface area contributed by atoms with Gasteiger partial charge in [0.2, 0.25) is 5.91 Å². The summed E-state index contributed by atoms with van der Waals surface area (Å²) in [5.41, 5.74) is 9.34. The lowest BCUT2D eigenvalue weighted by molar-refractivity contribution is -0.129. The van der Waals surface area contributed by atoms with Gasteiger partial charge in [-0.1, -0.05) is 6.42 Å². The average Bonchev–Trinajstić information content (AvgIpc) is 3.42. The molecule has 4 fully saturated rings. The number of fused-ring (bicyclic) bond motifs is 1. The standard InChI is InChI=1S/C23H44N6O/c1-15(2)29-22-20(13-25-29)19(23(30)26-18-7-8-18)12-21(27-22)17-6-4-5-16(11-17)14-28(3)10-9-24/h15-22,25,27H,4-14,24H2,1-3H3,(H,26,30). The Kier molecular flexibility index (Phi) is 7.35. The molecule has 1 amide bonds. The topological polar surface area (TPSA) is 85.7 Å². The highest BCUT2D eigenvalue weighted by Crippen LogP contribution is 2.40. The first-order valence-corrected chi connectivity index (χ1v) is 12.4. The van der Waals surface area contributed by atoms with Crippen molar-refractivity contribution in [2.75, 3.05) is 33.2 Å². The first-order valence-electron chi connectivity index (χ1n) is 12.4. The molecule has 0 aromatic heterocycles. The van der Waals surface area contributed by atoms with E-state index in [1.165, 1.54) is 25.7 Å². The normalized spacial score (nSPS) is 37.5. The van der Waals surface area contributed by atoms with Crippen LogP contribution in [0.25, 0.3) is 0 Å². The monoisotopic (exact) mass is 420 g/mol. The molecule has 2 aliphatic heterocycles. The van der Waals surface area contributed by atoms with Gasteiger partial charge in [-0.15, -0.1) is 0 Å². The highest BCUT2D eigenvalue weighted by molar-refractivity contribution is 5.80. The predicted octanol–water partition coefficient (Wildman–Crippen LogP) is 1.11. The van der Waals surface area contributed by atoms with Crippen molar-refractivity contribution in [2.24, 2.45) is 29.4 Å². The van der Waals surface area contributed by atoms with Crippen LogP contribution in [0.2, 0.25) is 0 Å². The summed E-state index contributed by atoms with van der Waals surface area (Å²) < 4.78 is 0. The molecule has 0 aromatic carbocycles. The number of piperidine rings is 1. The molecule has 4 rings (SSSR count). The molecule has 172 valence electrons. The SMILES string of the molecule is CC(C)N1NCC2C(C(=O)NC3CC3)CC(C3CCCC(CN(C)CCN)C3)NC21. The number of carbonyl (C=O) groups excluding carboxylic acids is 1. The summed E-state index contributed by atoms with van der Waals surface area (Å²) in [7, 11) is 2.20. The van der Waals surface area contributed by atoms with Gasteiger partial charge in [0.1, 0.15) is 0 Å². The zero-order valence-electron chi connectivity index (χ0n) is 19.3. The van der Waals surface area contributed by atoms with E-state index in [0.29, 0.717) is 35.9 Å². The van der Waals surface area contributed by atoms with Gasteiger partial charge in [-0.3, -0.25) is 15.5 Å². The molecule has 7 nitrogen and oxygen atoms in total. The lowest BCUT2D eigenvalue weighted by Gasteiger charge is -2.46. The Morgan fingerprint density at radius 3 is 2.73 bits per heavy atom. The van der Waals surface area contributed by atoms with Gasteiger partial charge in [0.05, 0.1) is 6.17 Å². The maximum Gasteiger partial charge on any atom is 0.223 e. The third-order valence-electron chi connectivity index (χ3n) is 7.91. The fourth-order valence-corrected chi connectivity index (χ4v) is 6.21. The van der Waals surface area contributed by atoms with Crippen molar-refractivity contribution < 1.29 is 4.79 Å². The number of hydrogen-bond donors (Lipinski definition) is 4. The number of carbonyl (C=O) groups is 1. The molecule has 6 atom stereocenters. The van der Waals surface area contributed by atoms with Crippen molar-refractivity contribution in [3.05, 3.63) is 0 Å². The van der Waals surface area contributed by atoms with Crippen molar-refractivity contribution in [1.29, 1.82) is 0 Å². The number of nitrogens with zero attached hydrogens (tertiary/aromatic N) is 2. The van der Waals surface area contributed by atoms with E-state index in [0.717, 1.165) is 51.4 Å². The quantitative estimate of drug-likeness (QED) is 0.471. The summed E-state index contributed by atoms with van der Waals surface area (Å²) in [4.78, 5) is 15.6. The zero-order chi connectivity index (χ0) is 21.3. The average molecular weight is 421 g/mol. The van der Waals surface area contributed by atoms with Crippen LogP contribution in [-0.2, 0) is 4.79 Å². The molecule has 0 aromatic rings. The summed E-state index contributed by atoms with van der Waals surface area (Å²) in [6.45, 7) is 8.24. The molecule has 7 heteroatoms. The van der Waals surface area contributed by atoms with E-state index in [9.17, 15) is 4.79 Å². The van der Waals surface area contributed by atoms with Gasteiger partial charge < -0.3 is 16.0 Å². The zero-order valence-corrected chi connectivity index (χ0v) is 19.3. The van der Waals surface area contributed by atoms with Crippen LogP contribution < -0.4 is 21.8 Å². The fraction of sp³-hybridized carbons (Fsp3) is 0.957. The Balaban J connectivity index is 1.44. The van der Waals surface area contributed by atoms with E-state index in [1.54, 1.807) is 0 Å². The molecule has 2 saturated heterocycles. The first-order chi connectivity index (χ1) is 14.5. The van der Waals surface area contributed by atoms with Crippen LogP contribution in [0.4, 0.5) is 0 Å². The van der Waals surface area contributed by atoms with E-state index in [4.69, 9.17) is 5.73 Å². The van der Waals surface area contributed by atoms with E-state index < -0.39 is 0 Å². The summed E-state index contributed by atoms with van der Waals surface area (Å²) in [6, 6.07) is 1.30. The lowest BCUT2D eigenvalue weighted by Crippen LogP contribution is -2.61. The summed E-state index contributed by atoms with van der Waals surface area (Å²) in [5, 5.41) is 9.71. The Morgan fingerprint density at radius 1 is 1.23 bits per heavy atom. The third kappa shape index (κ3) is 5.18. The largest absolute Gasteiger partial charge is 0.353 e. The molecule has 0 spiro atoms. The third-order valence-corrected chi connectivity index (χ3v) is 7.91. The second-order valence-corrected chi connectivity index (χ2v) is 10.7.